The molecule has 0 atom stereocenters. The molecule has 0 aromatic heterocycles. The molecule has 0 unspecified atom stereocenters. The highest BCUT2D eigenvalue weighted by atomic mass is 79.9. The van der Waals surface area contributed by atoms with E-state index in [-0.39, 0.29) is 6.42 Å². The van der Waals surface area contributed by atoms with Crippen molar-refractivity contribution in [3.63, 3.8) is 0 Å². The van der Waals surface area contributed by atoms with Gasteiger partial charge in [-0.25, -0.2) is 4.39 Å². The highest BCUT2D eigenvalue weighted by Crippen LogP contribution is 2.19. The molecule has 0 saturated heterocycles. The van der Waals surface area contributed by atoms with Crippen LogP contribution in [-0.2, 0) is 4.79 Å². The summed E-state index contributed by atoms with van der Waals surface area (Å²) in [5.41, 5.74) is 4.64. The highest BCUT2D eigenvalue weighted by molar-refractivity contribution is 9.10. The number of halogens is 2. The minimum absolute atomic E-state index is 0.0254. The van der Waals surface area contributed by atoms with Crippen LogP contribution in [0.25, 0.3) is 0 Å². The Kier molecular flexibility index (Phi) is 4.45. The van der Waals surface area contributed by atoms with E-state index in [1.807, 2.05) is 0 Å². The van der Waals surface area contributed by atoms with Gasteiger partial charge in [0.15, 0.2) is 0 Å². The Labute approximate surface area is 113 Å². The average molecular weight is 317 g/mol. The summed E-state index contributed by atoms with van der Waals surface area (Å²) in [4.78, 5) is 22.8. The predicted octanol–water partition coefficient (Wildman–Crippen LogP) is 1.97. The molecule has 18 heavy (non-hydrogen) atoms. The fraction of sp³-hybridized carbons (Fsp3) is 0.333. The third-order valence-electron chi connectivity index (χ3n) is 2.24. The fourth-order valence-corrected chi connectivity index (χ4v) is 2.06. The average Bonchev–Trinajstić information content (AvgIpc) is 2.13. The summed E-state index contributed by atoms with van der Waals surface area (Å²) in [6, 6.07) is 3.77. The molecule has 2 amide bonds. The zero-order chi connectivity index (χ0) is 13.9. The molecular weight excluding hydrogens is 303 g/mol. The summed E-state index contributed by atoms with van der Waals surface area (Å²) in [6.07, 6.45) is 0.0254. The van der Waals surface area contributed by atoms with E-state index >= 15 is 0 Å². The second-order valence-corrected chi connectivity index (χ2v) is 5.46. The number of carbonyl (C=O) groups is 2. The topological polar surface area (TPSA) is 72.2 Å². The van der Waals surface area contributed by atoms with Crippen molar-refractivity contribution in [2.45, 2.75) is 25.8 Å². The van der Waals surface area contributed by atoms with Crippen molar-refractivity contribution in [2.75, 3.05) is 0 Å². The Morgan fingerprint density at radius 1 is 1.44 bits per heavy atom. The van der Waals surface area contributed by atoms with E-state index in [4.69, 9.17) is 5.73 Å². The maximum absolute atomic E-state index is 12.9. The molecule has 0 bridgehead atoms. The zero-order valence-corrected chi connectivity index (χ0v) is 11.7. The number of carbonyl (C=O) groups excluding carboxylic acids is 2. The van der Waals surface area contributed by atoms with Gasteiger partial charge < -0.3 is 11.1 Å². The van der Waals surface area contributed by atoms with Crippen LogP contribution in [0.4, 0.5) is 4.39 Å². The first kappa shape index (κ1) is 14.6. The van der Waals surface area contributed by atoms with Gasteiger partial charge in [-0.3, -0.25) is 9.59 Å². The first-order valence-corrected chi connectivity index (χ1v) is 6.06. The van der Waals surface area contributed by atoms with Gasteiger partial charge in [0, 0.05) is 16.4 Å². The van der Waals surface area contributed by atoms with Gasteiger partial charge in [-0.05, 0) is 48.0 Å². The standard InChI is InChI=1S/C12H14BrFN2O2/c1-12(2,6-10(15)17)16-11(18)8-4-3-7(14)5-9(8)13/h3-5H,6H2,1-2H3,(H2,15,17)(H,16,18). The van der Waals surface area contributed by atoms with Gasteiger partial charge in [0.2, 0.25) is 5.91 Å². The number of rotatable bonds is 4. The lowest BCUT2D eigenvalue weighted by atomic mass is 9.99. The quantitative estimate of drug-likeness (QED) is 0.891. The highest BCUT2D eigenvalue weighted by Gasteiger charge is 2.24. The maximum atomic E-state index is 12.9. The van der Waals surface area contributed by atoms with E-state index in [0.717, 1.165) is 0 Å². The molecule has 6 heteroatoms. The third kappa shape index (κ3) is 4.10. The largest absolute Gasteiger partial charge is 0.370 e. The van der Waals surface area contributed by atoms with Crippen molar-refractivity contribution < 1.29 is 14.0 Å². The monoisotopic (exact) mass is 316 g/mol. The molecule has 1 aromatic carbocycles. The Hall–Kier alpha value is -1.43. The SMILES string of the molecule is CC(C)(CC(N)=O)NC(=O)c1ccc(F)cc1Br. The number of hydrogen-bond acceptors (Lipinski definition) is 2. The first-order valence-electron chi connectivity index (χ1n) is 5.27. The summed E-state index contributed by atoms with van der Waals surface area (Å²) in [5.74, 6) is -1.33. The van der Waals surface area contributed by atoms with Crippen LogP contribution in [0.5, 0.6) is 0 Å². The van der Waals surface area contributed by atoms with Crippen molar-refractivity contribution in [1.82, 2.24) is 5.32 Å². The van der Waals surface area contributed by atoms with Gasteiger partial charge in [-0.15, -0.1) is 0 Å². The maximum Gasteiger partial charge on any atom is 0.252 e. The molecule has 0 saturated carbocycles. The smallest absolute Gasteiger partial charge is 0.252 e. The summed E-state index contributed by atoms with van der Waals surface area (Å²) in [7, 11) is 0. The van der Waals surface area contributed by atoms with Crippen LogP contribution in [0, 0.1) is 5.82 Å². The normalized spacial score (nSPS) is 11.1. The van der Waals surface area contributed by atoms with Crippen LogP contribution in [0.3, 0.4) is 0 Å². The molecule has 0 radical (unpaired) electrons. The molecule has 1 aromatic rings. The number of nitrogens with one attached hydrogen (secondary N) is 1. The number of primary amides is 1. The van der Waals surface area contributed by atoms with Crippen molar-refractivity contribution >= 4 is 27.7 Å². The van der Waals surface area contributed by atoms with Gasteiger partial charge >= 0.3 is 0 Å². The van der Waals surface area contributed by atoms with Crippen LogP contribution in [-0.4, -0.2) is 17.4 Å². The lowest BCUT2D eigenvalue weighted by Gasteiger charge is -2.25. The molecule has 0 heterocycles. The molecule has 1 rings (SSSR count). The molecule has 3 N–H and O–H groups in total. The van der Waals surface area contributed by atoms with Gasteiger partial charge in [0.05, 0.1) is 5.56 Å². The molecule has 4 nitrogen and oxygen atoms in total. The zero-order valence-electron chi connectivity index (χ0n) is 10.1. The van der Waals surface area contributed by atoms with E-state index in [1.54, 1.807) is 13.8 Å². The molecule has 0 aliphatic carbocycles. The summed E-state index contributed by atoms with van der Waals surface area (Å²) >= 11 is 3.11. The van der Waals surface area contributed by atoms with Gasteiger partial charge in [0.25, 0.3) is 5.91 Å². The Morgan fingerprint density at radius 2 is 2.06 bits per heavy atom. The fourth-order valence-electron chi connectivity index (χ4n) is 1.53. The molecular formula is C12H14BrFN2O2. The van der Waals surface area contributed by atoms with Gasteiger partial charge in [-0.1, -0.05) is 0 Å². The van der Waals surface area contributed by atoms with Crippen LogP contribution in [0.2, 0.25) is 0 Å². The Balaban J connectivity index is 2.85. The van der Waals surface area contributed by atoms with Crippen LogP contribution in [0.15, 0.2) is 22.7 Å². The van der Waals surface area contributed by atoms with Crippen LogP contribution >= 0.6 is 15.9 Å². The first-order chi connectivity index (χ1) is 8.21. The van der Waals surface area contributed by atoms with Gasteiger partial charge in [0.1, 0.15) is 5.82 Å². The van der Waals surface area contributed by atoms with E-state index < -0.39 is 23.2 Å². The molecule has 0 aliphatic rings. The van der Waals surface area contributed by atoms with Crippen molar-refractivity contribution in [2.24, 2.45) is 5.73 Å². The van der Waals surface area contributed by atoms with Crippen molar-refractivity contribution in [3.8, 4) is 0 Å². The number of hydrogen-bond donors (Lipinski definition) is 2. The molecule has 0 fully saturated rings. The number of amides is 2. The Morgan fingerprint density at radius 3 is 2.56 bits per heavy atom. The summed E-state index contributed by atoms with van der Waals surface area (Å²) in [6.45, 7) is 3.38. The lowest BCUT2D eigenvalue weighted by Crippen LogP contribution is -2.46. The second-order valence-electron chi connectivity index (χ2n) is 4.61. The predicted molar refractivity (Wildman–Crippen MR) is 69.5 cm³/mol. The van der Waals surface area contributed by atoms with E-state index in [0.29, 0.717) is 10.0 Å². The van der Waals surface area contributed by atoms with Crippen molar-refractivity contribution in [1.29, 1.82) is 0 Å². The molecule has 0 aliphatic heterocycles. The lowest BCUT2D eigenvalue weighted by molar-refractivity contribution is -0.119. The number of nitrogens with two attached hydrogens (primary N) is 1. The molecule has 0 spiro atoms. The third-order valence-corrected chi connectivity index (χ3v) is 2.90. The van der Waals surface area contributed by atoms with E-state index in [9.17, 15) is 14.0 Å². The minimum atomic E-state index is -0.753. The number of benzene rings is 1. The van der Waals surface area contributed by atoms with E-state index in [1.165, 1.54) is 18.2 Å². The van der Waals surface area contributed by atoms with Crippen LogP contribution in [0.1, 0.15) is 30.6 Å². The van der Waals surface area contributed by atoms with Crippen molar-refractivity contribution in [3.05, 3.63) is 34.1 Å². The molecule has 98 valence electrons. The second kappa shape index (κ2) is 5.48. The van der Waals surface area contributed by atoms with Gasteiger partial charge in [-0.2, -0.15) is 0 Å². The Bertz CT molecular complexity index is 489. The van der Waals surface area contributed by atoms with Crippen LogP contribution < -0.4 is 11.1 Å². The summed E-state index contributed by atoms with van der Waals surface area (Å²) < 4.78 is 13.3. The van der Waals surface area contributed by atoms with E-state index in [2.05, 4.69) is 21.2 Å². The summed E-state index contributed by atoms with van der Waals surface area (Å²) in [5, 5.41) is 2.67. The minimum Gasteiger partial charge on any atom is -0.370 e.